The third kappa shape index (κ3) is 4.79. The van der Waals surface area contributed by atoms with Crippen molar-refractivity contribution in [2.45, 2.75) is 27.3 Å². The van der Waals surface area contributed by atoms with Gasteiger partial charge in [-0.15, -0.1) is 0 Å². The van der Waals surface area contributed by atoms with Crippen LogP contribution in [0.15, 0.2) is 36.5 Å². The van der Waals surface area contributed by atoms with Gasteiger partial charge >= 0.3 is 0 Å². The minimum Gasteiger partial charge on any atom is -0.337 e. The summed E-state index contributed by atoms with van der Waals surface area (Å²) in [7, 11) is 1.70. The highest BCUT2D eigenvalue weighted by atomic mass is 35.5. The van der Waals surface area contributed by atoms with Crippen molar-refractivity contribution >= 4 is 29.1 Å². The molecule has 0 atom stereocenters. The summed E-state index contributed by atoms with van der Waals surface area (Å²) in [5.41, 5.74) is 2.68. The lowest BCUT2D eigenvalue weighted by atomic mass is 10.1. The van der Waals surface area contributed by atoms with Crippen molar-refractivity contribution in [3.8, 4) is 0 Å². The molecular formula is C19H22ClN3O2. The van der Waals surface area contributed by atoms with Gasteiger partial charge in [-0.25, -0.2) is 4.98 Å². The van der Waals surface area contributed by atoms with Crippen LogP contribution in [0.2, 0.25) is 5.15 Å². The summed E-state index contributed by atoms with van der Waals surface area (Å²) in [6.07, 6.45) is 1.60. The Hall–Kier alpha value is -2.40. The molecule has 2 amide bonds. The van der Waals surface area contributed by atoms with Gasteiger partial charge in [-0.1, -0.05) is 43.1 Å². The lowest BCUT2D eigenvalue weighted by Gasteiger charge is -2.20. The van der Waals surface area contributed by atoms with Crippen molar-refractivity contribution in [2.24, 2.45) is 5.92 Å². The summed E-state index contributed by atoms with van der Waals surface area (Å²) in [6, 6.07) is 9.01. The SMILES string of the molecule is Cc1ccc(NC(=O)C(C)C)c(C(=O)N(C)Cc2cccnc2Cl)c1. The smallest absolute Gasteiger partial charge is 0.256 e. The van der Waals surface area contributed by atoms with Gasteiger partial charge in [-0.3, -0.25) is 9.59 Å². The van der Waals surface area contributed by atoms with Gasteiger partial charge in [0.2, 0.25) is 5.91 Å². The molecule has 1 N–H and O–H groups in total. The molecule has 1 aromatic carbocycles. The molecule has 25 heavy (non-hydrogen) atoms. The first-order valence-corrected chi connectivity index (χ1v) is 8.43. The number of aryl methyl sites for hydroxylation is 1. The molecule has 0 aliphatic rings. The predicted octanol–water partition coefficient (Wildman–Crippen LogP) is 3.91. The van der Waals surface area contributed by atoms with E-state index in [-0.39, 0.29) is 17.7 Å². The van der Waals surface area contributed by atoms with E-state index in [9.17, 15) is 9.59 Å². The second kappa shape index (κ2) is 8.12. The maximum atomic E-state index is 12.9. The minimum atomic E-state index is -0.192. The highest BCUT2D eigenvalue weighted by Crippen LogP contribution is 2.22. The first-order valence-electron chi connectivity index (χ1n) is 8.06. The second-order valence-electron chi connectivity index (χ2n) is 6.31. The Morgan fingerprint density at radius 2 is 2.00 bits per heavy atom. The number of benzene rings is 1. The fourth-order valence-corrected chi connectivity index (χ4v) is 2.47. The predicted molar refractivity (Wildman–Crippen MR) is 99.7 cm³/mol. The Morgan fingerprint density at radius 3 is 2.64 bits per heavy atom. The third-order valence-electron chi connectivity index (χ3n) is 3.78. The summed E-state index contributed by atoms with van der Waals surface area (Å²) < 4.78 is 0. The van der Waals surface area contributed by atoms with E-state index >= 15 is 0 Å². The molecule has 0 radical (unpaired) electrons. The number of pyridine rings is 1. The van der Waals surface area contributed by atoms with Gasteiger partial charge in [-0.2, -0.15) is 0 Å². The van der Waals surface area contributed by atoms with Gasteiger partial charge < -0.3 is 10.2 Å². The summed E-state index contributed by atoms with van der Waals surface area (Å²) in [5, 5.41) is 3.20. The zero-order valence-corrected chi connectivity index (χ0v) is 15.6. The molecular weight excluding hydrogens is 338 g/mol. The van der Waals surface area contributed by atoms with Crippen LogP contribution >= 0.6 is 11.6 Å². The Kier molecular flexibility index (Phi) is 6.15. The minimum absolute atomic E-state index is 0.129. The number of nitrogens with zero attached hydrogens (tertiary/aromatic N) is 2. The van der Waals surface area contributed by atoms with E-state index in [0.29, 0.717) is 22.9 Å². The molecule has 0 spiro atoms. The Labute approximate surface area is 153 Å². The molecule has 0 saturated heterocycles. The van der Waals surface area contributed by atoms with Crippen LogP contribution in [0.3, 0.4) is 0 Å². The van der Waals surface area contributed by atoms with Gasteiger partial charge in [0.1, 0.15) is 5.15 Å². The number of hydrogen-bond acceptors (Lipinski definition) is 3. The molecule has 1 heterocycles. The Bertz CT molecular complexity index is 790. The van der Waals surface area contributed by atoms with Crippen LogP contribution < -0.4 is 5.32 Å². The number of rotatable bonds is 5. The number of carbonyl (C=O) groups is 2. The normalized spacial score (nSPS) is 10.6. The van der Waals surface area contributed by atoms with Gasteiger partial charge in [0.05, 0.1) is 11.3 Å². The first-order chi connectivity index (χ1) is 11.8. The van der Waals surface area contributed by atoms with Crippen LogP contribution in [-0.2, 0) is 11.3 Å². The molecule has 5 nitrogen and oxygen atoms in total. The van der Waals surface area contributed by atoms with Gasteiger partial charge in [0.25, 0.3) is 5.91 Å². The zero-order chi connectivity index (χ0) is 18.6. The third-order valence-corrected chi connectivity index (χ3v) is 4.12. The van der Waals surface area contributed by atoms with Crippen LogP contribution in [-0.4, -0.2) is 28.7 Å². The number of carbonyl (C=O) groups excluding carboxylic acids is 2. The summed E-state index contributed by atoms with van der Waals surface area (Å²) in [4.78, 5) is 30.5. The van der Waals surface area contributed by atoms with Crippen LogP contribution in [0.5, 0.6) is 0 Å². The van der Waals surface area contributed by atoms with E-state index in [1.165, 1.54) is 0 Å². The van der Waals surface area contributed by atoms with E-state index in [1.54, 1.807) is 36.3 Å². The van der Waals surface area contributed by atoms with Crippen LogP contribution in [0.4, 0.5) is 5.69 Å². The maximum absolute atomic E-state index is 12.9. The average molecular weight is 360 g/mol. The molecule has 0 unspecified atom stereocenters. The molecule has 6 heteroatoms. The number of halogens is 1. The molecule has 132 valence electrons. The lowest BCUT2D eigenvalue weighted by molar-refractivity contribution is -0.118. The van der Waals surface area contributed by atoms with Gasteiger partial charge in [0.15, 0.2) is 0 Å². The van der Waals surface area contributed by atoms with E-state index in [1.807, 2.05) is 32.9 Å². The van der Waals surface area contributed by atoms with Gasteiger partial charge in [-0.05, 0) is 25.1 Å². The number of amides is 2. The van der Waals surface area contributed by atoms with E-state index < -0.39 is 0 Å². The van der Waals surface area contributed by atoms with Gasteiger partial charge in [0, 0.05) is 31.3 Å². The van der Waals surface area contributed by atoms with E-state index in [2.05, 4.69) is 10.3 Å². The van der Waals surface area contributed by atoms with Crippen LogP contribution in [0.25, 0.3) is 0 Å². The fourth-order valence-electron chi connectivity index (χ4n) is 2.29. The molecule has 0 aliphatic carbocycles. The first kappa shape index (κ1) is 18.9. The molecule has 1 aromatic heterocycles. The van der Waals surface area contributed by atoms with Crippen molar-refractivity contribution in [2.75, 3.05) is 12.4 Å². The van der Waals surface area contributed by atoms with E-state index in [4.69, 9.17) is 11.6 Å². The van der Waals surface area contributed by atoms with E-state index in [0.717, 1.165) is 11.1 Å². The highest BCUT2D eigenvalue weighted by Gasteiger charge is 2.19. The quantitative estimate of drug-likeness (QED) is 0.823. The highest BCUT2D eigenvalue weighted by molar-refractivity contribution is 6.30. The monoisotopic (exact) mass is 359 g/mol. The zero-order valence-electron chi connectivity index (χ0n) is 14.8. The lowest BCUT2D eigenvalue weighted by Crippen LogP contribution is -2.28. The van der Waals surface area contributed by atoms with Crippen molar-refractivity contribution in [1.29, 1.82) is 0 Å². The number of hydrogen-bond donors (Lipinski definition) is 1. The second-order valence-corrected chi connectivity index (χ2v) is 6.67. The summed E-state index contributed by atoms with van der Waals surface area (Å²) in [5.74, 6) is -0.491. The Balaban J connectivity index is 2.26. The van der Waals surface area contributed by atoms with Crippen LogP contribution in [0.1, 0.15) is 35.3 Å². The number of aromatic nitrogens is 1. The van der Waals surface area contributed by atoms with Crippen molar-refractivity contribution in [3.63, 3.8) is 0 Å². The maximum Gasteiger partial charge on any atom is 0.256 e. The number of nitrogens with one attached hydrogen (secondary N) is 1. The average Bonchev–Trinajstić information content (AvgIpc) is 2.57. The topological polar surface area (TPSA) is 62.3 Å². The molecule has 0 saturated carbocycles. The fraction of sp³-hybridized carbons (Fsp3) is 0.316. The largest absolute Gasteiger partial charge is 0.337 e. The van der Waals surface area contributed by atoms with Crippen molar-refractivity contribution in [1.82, 2.24) is 9.88 Å². The standard InChI is InChI=1S/C19H22ClN3O2/c1-12(2)18(24)22-16-8-7-13(3)10-15(16)19(25)23(4)11-14-6-5-9-21-17(14)20/h5-10,12H,11H2,1-4H3,(H,22,24). The number of anilines is 1. The molecule has 2 aromatic rings. The van der Waals surface area contributed by atoms with Crippen molar-refractivity contribution < 1.29 is 9.59 Å². The summed E-state index contributed by atoms with van der Waals surface area (Å²) in [6.45, 7) is 5.85. The summed E-state index contributed by atoms with van der Waals surface area (Å²) >= 11 is 6.07. The van der Waals surface area contributed by atoms with Crippen molar-refractivity contribution in [3.05, 3.63) is 58.4 Å². The molecule has 0 bridgehead atoms. The molecule has 0 fully saturated rings. The molecule has 2 rings (SSSR count). The Morgan fingerprint density at radius 1 is 1.28 bits per heavy atom. The van der Waals surface area contributed by atoms with Crippen LogP contribution in [0, 0.1) is 12.8 Å². The molecule has 0 aliphatic heterocycles.